The molecule has 3 rings (SSSR count). The Labute approximate surface area is 145 Å². The van der Waals surface area contributed by atoms with Crippen LogP contribution in [-0.4, -0.2) is 23.4 Å². The van der Waals surface area contributed by atoms with Crippen molar-refractivity contribution in [2.24, 2.45) is 0 Å². The van der Waals surface area contributed by atoms with Crippen LogP contribution in [0.2, 0.25) is 5.15 Å². The Morgan fingerprint density at radius 3 is 3.00 bits per heavy atom. The summed E-state index contributed by atoms with van der Waals surface area (Å²) < 4.78 is 5.88. The molecule has 0 saturated carbocycles. The summed E-state index contributed by atoms with van der Waals surface area (Å²) in [4.78, 5) is 27.6. The number of pyridine rings is 1. The van der Waals surface area contributed by atoms with Gasteiger partial charge in [0, 0.05) is 17.2 Å². The number of fused-ring (bicyclic) bond motifs is 1. The van der Waals surface area contributed by atoms with Crippen molar-refractivity contribution in [1.82, 2.24) is 10.3 Å². The van der Waals surface area contributed by atoms with Crippen LogP contribution in [0.1, 0.15) is 15.9 Å². The van der Waals surface area contributed by atoms with Crippen LogP contribution in [0.25, 0.3) is 0 Å². The SMILES string of the molecule is O=C1COc2cc(C(=O)NCc3ccc(Cl)nc3)c(Br)cc2N1. The minimum absolute atomic E-state index is 0.0634. The van der Waals surface area contributed by atoms with E-state index in [1.165, 1.54) is 0 Å². The number of amides is 2. The van der Waals surface area contributed by atoms with Crippen molar-refractivity contribution in [3.05, 3.63) is 51.2 Å². The Bertz CT molecular complexity index is 780. The van der Waals surface area contributed by atoms with Gasteiger partial charge in [0.05, 0.1) is 11.3 Å². The highest BCUT2D eigenvalue weighted by Crippen LogP contribution is 2.33. The predicted molar refractivity (Wildman–Crippen MR) is 88.7 cm³/mol. The molecule has 0 atom stereocenters. The number of rotatable bonds is 3. The molecule has 0 bridgehead atoms. The minimum atomic E-state index is -0.268. The lowest BCUT2D eigenvalue weighted by Crippen LogP contribution is -2.27. The average molecular weight is 397 g/mol. The molecule has 0 spiro atoms. The molecule has 8 heteroatoms. The molecule has 1 aliphatic heterocycles. The number of aromatic nitrogens is 1. The topological polar surface area (TPSA) is 80.3 Å². The fraction of sp³-hybridized carbons (Fsp3) is 0.133. The molecule has 0 fully saturated rings. The Kier molecular flexibility index (Phi) is 4.49. The van der Waals surface area contributed by atoms with E-state index in [0.29, 0.717) is 33.2 Å². The number of halogens is 2. The molecule has 0 unspecified atom stereocenters. The highest BCUT2D eigenvalue weighted by atomic mass is 79.9. The predicted octanol–water partition coefficient (Wildman–Crippen LogP) is 2.76. The number of anilines is 1. The molecule has 1 aromatic heterocycles. The van der Waals surface area contributed by atoms with E-state index in [2.05, 4.69) is 31.5 Å². The first-order valence-corrected chi connectivity index (χ1v) is 7.85. The molecule has 2 heterocycles. The van der Waals surface area contributed by atoms with E-state index < -0.39 is 0 Å². The lowest BCUT2D eigenvalue weighted by molar-refractivity contribution is -0.118. The summed E-state index contributed by atoms with van der Waals surface area (Å²) in [7, 11) is 0. The van der Waals surface area contributed by atoms with E-state index in [1.54, 1.807) is 30.5 Å². The third-order valence-corrected chi connectivity index (χ3v) is 4.07. The second kappa shape index (κ2) is 6.55. The average Bonchev–Trinajstić information content (AvgIpc) is 2.53. The van der Waals surface area contributed by atoms with Crippen LogP contribution >= 0.6 is 27.5 Å². The fourth-order valence-corrected chi connectivity index (χ4v) is 2.70. The molecule has 2 N–H and O–H groups in total. The molecule has 2 aromatic rings. The third kappa shape index (κ3) is 3.62. The van der Waals surface area contributed by atoms with Crippen LogP contribution in [0, 0.1) is 0 Å². The van der Waals surface area contributed by atoms with Gasteiger partial charge in [0.15, 0.2) is 6.61 Å². The standard InChI is InChI=1S/C15H11BrClN3O3/c16-10-4-11-12(23-7-14(21)20-11)3-9(10)15(22)19-6-8-1-2-13(17)18-5-8/h1-5H,6-7H2,(H,19,22)(H,20,21). The molecule has 1 aromatic carbocycles. The van der Waals surface area contributed by atoms with Gasteiger partial charge in [-0.05, 0) is 39.7 Å². The number of hydrogen-bond acceptors (Lipinski definition) is 4. The lowest BCUT2D eigenvalue weighted by Gasteiger charge is -2.19. The molecule has 0 saturated heterocycles. The zero-order valence-electron chi connectivity index (χ0n) is 11.7. The van der Waals surface area contributed by atoms with Gasteiger partial charge in [-0.1, -0.05) is 17.7 Å². The first kappa shape index (κ1) is 15.8. The van der Waals surface area contributed by atoms with Gasteiger partial charge in [-0.25, -0.2) is 4.98 Å². The van der Waals surface area contributed by atoms with Crippen molar-refractivity contribution >= 4 is 45.0 Å². The first-order valence-electron chi connectivity index (χ1n) is 6.68. The van der Waals surface area contributed by atoms with Crippen molar-refractivity contribution in [1.29, 1.82) is 0 Å². The zero-order valence-corrected chi connectivity index (χ0v) is 14.1. The molecular weight excluding hydrogens is 386 g/mol. The number of nitrogens with zero attached hydrogens (tertiary/aromatic N) is 1. The molecule has 6 nitrogen and oxygen atoms in total. The maximum Gasteiger partial charge on any atom is 0.262 e. The van der Waals surface area contributed by atoms with Gasteiger partial charge in [-0.15, -0.1) is 0 Å². The van der Waals surface area contributed by atoms with Gasteiger partial charge >= 0.3 is 0 Å². The Morgan fingerprint density at radius 1 is 1.43 bits per heavy atom. The van der Waals surface area contributed by atoms with E-state index >= 15 is 0 Å². The number of benzene rings is 1. The van der Waals surface area contributed by atoms with Gasteiger partial charge in [0.1, 0.15) is 10.9 Å². The number of carbonyl (C=O) groups excluding carboxylic acids is 2. The van der Waals surface area contributed by atoms with Crippen LogP contribution in [0.4, 0.5) is 5.69 Å². The van der Waals surface area contributed by atoms with Gasteiger partial charge < -0.3 is 15.4 Å². The van der Waals surface area contributed by atoms with Crippen molar-refractivity contribution in [3.8, 4) is 5.75 Å². The van der Waals surface area contributed by atoms with Crippen LogP contribution in [0.3, 0.4) is 0 Å². The highest BCUT2D eigenvalue weighted by molar-refractivity contribution is 9.10. The summed E-state index contributed by atoms with van der Waals surface area (Å²) in [6.45, 7) is 0.260. The molecule has 118 valence electrons. The molecule has 2 amide bonds. The third-order valence-electron chi connectivity index (χ3n) is 3.19. The smallest absolute Gasteiger partial charge is 0.262 e. The molecule has 0 aliphatic carbocycles. The van der Waals surface area contributed by atoms with Crippen LogP contribution < -0.4 is 15.4 Å². The van der Waals surface area contributed by atoms with Gasteiger partial charge in [-0.3, -0.25) is 9.59 Å². The van der Waals surface area contributed by atoms with Crippen molar-refractivity contribution in [2.45, 2.75) is 6.54 Å². The molecular formula is C15H11BrClN3O3. The lowest BCUT2D eigenvalue weighted by atomic mass is 10.1. The second-order valence-electron chi connectivity index (χ2n) is 4.84. The van der Waals surface area contributed by atoms with Gasteiger partial charge in [-0.2, -0.15) is 0 Å². The van der Waals surface area contributed by atoms with E-state index in [-0.39, 0.29) is 18.4 Å². The largest absolute Gasteiger partial charge is 0.482 e. The fourth-order valence-electron chi connectivity index (χ4n) is 2.06. The number of hydrogen-bond donors (Lipinski definition) is 2. The van der Waals surface area contributed by atoms with E-state index in [1.807, 2.05) is 0 Å². The quantitative estimate of drug-likeness (QED) is 0.782. The van der Waals surface area contributed by atoms with E-state index in [0.717, 1.165) is 5.56 Å². The molecule has 0 radical (unpaired) electrons. The Balaban J connectivity index is 1.74. The molecule has 23 heavy (non-hydrogen) atoms. The summed E-state index contributed by atoms with van der Waals surface area (Å²) in [6.07, 6.45) is 1.60. The van der Waals surface area contributed by atoms with Crippen molar-refractivity contribution in [2.75, 3.05) is 11.9 Å². The van der Waals surface area contributed by atoms with Crippen molar-refractivity contribution < 1.29 is 14.3 Å². The summed E-state index contributed by atoms with van der Waals surface area (Å²) in [5, 5.41) is 5.88. The Morgan fingerprint density at radius 2 is 2.26 bits per heavy atom. The summed E-state index contributed by atoms with van der Waals surface area (Å²) in [6, 6.07) is 6.68. The summed E-state index contributed by atoms with van der Waals surface area (Å²) in [5.41, 5.74) is 1.79. The maximum absolute atomic E-state index is 12.3. The normalized spacial score (nSPS) is 12.9. The van der Waals surface area contributed by atoms with E-state index in [9.17, 15) is 9.59 Å². The first-order chi connectivity index (χ1) is 11.0. The highest BCUT2D eigenvalue weighted by Gasteiger charge is 2.20. The van der Waals surface area contributed by atoms with Crippen molar-refractivity contribution in [3.63, 3.8) is 0 Å². The monoisotopic (exact) mass is 395 g/mol. The molecule has 1 aliphatic rings. The number of nitrogens with one attached hydrogen (secondary N) is 2. The van der Waals surface area contributed by atoms with E-state index in [4.69, 9.17) is 16.3 Å². The Hall–Kier alpha value is -2.12. The number of ether oxygens (including phenoxy) is 1. The minimum Gasteiger partial charge on any atom is -0.482 e. The summed E-state index contributed by atoms with van der Waals surface area (Å²) in [5.74, 6) is -0.0296. The van der Waals surface area contributed by atoms with Gasteiger partial charge in [0.2, 0.25) is 0 Å². The van der Waals surface area contributed by atoms with Crippen LogP contribution in [0.15, 0.2) is 34.9 Å². The summed E-state index contributed by atoms with van der Waals surface area (Å²) >= 11 is 9.05. The second-order valence-corrected chi connectivity index (χ2v) is 6.08. The van der Waals surface area contributed by atoms with Crippen LogP contribution in [-0.2, 0) is 11.3 Å². The van der Waals surface area contributed by atoms with Gasteiger partial charge in [0.25, 0.3) is 11.8 Å². The number of carbonyl (C=O) groups is 2. The van der Waals surface area contributed by atoms with Crippen LogP contribution in [0.5, 0.6) is 5.75 Å². The maximum atomic E-state index is 12.3. The zero-order chi connectivity index (χ0) is 16.4.